The van der Waals surface area contributed by atoms with E-state index in [1.807, 2.05) is 6.92 Å². The zero-order valence-corrected chi connectivity index (χ0v) is 10.1. The van der Waals surface area contributed by atoms with E-state index in [0.29, 0.717) is 24.3 Å². The molecule has 7 heteroatoms. The second-order valence-electron chi connectivity index (χ2n) is 3.59. The summed E-state index contributed by atoms with van der Waals surface area (Å²) in [4.78, 5) is 21.8. The van der Waals surface area contributed by atoms with E-state index in [2.05, 4.69) is 10.3 Å². The molecule has 0 unspecified atom stereocenters. The second kappa shape index (κ2) is 5.30. The van der Waals surface area contributed by atoms with Crippen molar-refractivity contribution in [1.82, 2.24) is 15.0 Å². The molecule has 0 spiro atoms. The number of hydrogen-bond acceptors (Lipinski definition) is 5. The number of benzene rings is 1. The maximum Gasteiger partial charge on any atom is 0.358 e. The van der Waals surface area contributed by atoms with Gasteiger partial charge in [0, 0.05) is 0 Å². The molecule has 7 nitrogen and oxygen atoms in total. The van der Waals surface area contributed by atoms with Crippen LogP contribution in [0.2, 0.25) is 0 Å². The Morgan fingerprint density at radius 1 is 1.42 bits per heavy atom. The third-order valence-electron chi connectivity index (χ3n) is 2.41. The number of aromatic nitrogens is 3. The number of carbonyl (C=O) groups is 2. The number of carbonyl (C=O) groups excluding carboxylic acids is 1. The lowest BCUT2D eigenvalue weighted by molar-refractivity contribution is 0.0687. The fraction of sp³-hybridized carbons (Fsp3) is 0.167. The van der Waals surface area contributed by atoms with Crippen molar-refractivity contribution in [2.24, 2.45) is 0 Å². The number of rotatable bonds is 5. The van der Waals surface area contributed by atoms with Gasteiger partial charge in [-0.2, -0.15) is 0 Å². The molecule has 0 atom stereocenters. The smallest absolute Gasteiger partial charge is 0.358 e. The molecule has 0 fully saturated rings. The summed E-state index contributed by atoms with van der Waals surface area (Å²) in [6.45, 7) is 2.42. The highest BCUT2D eigenvalue weighted by molar-refractivity contribution is 5.94. The predicted molar refractivity (Wildman–Crippen MR) is 64.9 cm³/mol. The number of carboxylic acid groups (broad SMARTS) is 1. The minimum Gasteiger partial charge on any atom is -0.494 e. The summed E-state index contributed by atoms with van der Waals surface area (Å²) in [5.74, 6) is -0.614. The summed E-state index contributed by atoms with van der Waals surface area (Å²) in [7, 11) is 0. The molecule has 0 aliphatic rings. The van der Waals surface area contributed by atoms with E-state index in [0.717, 1.165) is 0 Å². The van der Waals surface area contributed by atoms with Gasteiger partial charge in [-0.25, -0.2) is 9.48 Å². The van der Waals surface area contributed by atoms with Gasteiger partial charge in [0.1, 0.15) is 11.4 Å². The molecule has 0 saturated heterocycles. The van der Waals surface area contributed by atoms with Crippen LogP contribution in [0.15, 0.2) is 24.3 Å². The van der Waals surface area contributed by atoms with Crippen LogP contribution in [0.5, 0.6) is 5.75 Å². The first-order chi connectivity index (χ1) is 9.17. The standard InChI is InChI=1S/C12H11N3O4/c1-2-19-9-5-3-8(4-6-9)15-10(7-16)11(12(17)18)13-14-15/h3-7H,2H2,1H3,(H,17,18). The van der Waals surface area contributed by atoms with Gasteiger partial charge in [0.05, 0.1) is 12.3 Å². The summed E-state index contributed by atoms with van der Waals surface area (Å²) >= 11 is 0. The van der Waals surface area contributed by atoms with Crippen LogP contribution in [0.3, 0.4) is 0 Å². The van der Waals surface area contributed by atoms with Crippen LogP contribution in [0, 0.1) is 0 Å². The highest BCUT2D eigenvalue weighted by Crippen LogP contribution is 2.16. The maximum atomic E-state index is 11.0. The van der Waals surface area contributed by atoms with Crippen molar-refractivity contribution in [1.29, 1.82) is 0 Å². The van der Waals surface area contributed by atoms with E-state index >= 15 is 0 Å². The fourth-order valence-corrected chi connectivity index (χ4v) is 1.59. The Bertz CT molecular complexity index is 604. The van der Waals surface area contributed by atoms with Crippen molar-refractivity contribution in [3.05, 3.63) is 35.7 Å². The van der Waals surface area contributed by atoms with Crippen LogP contribution in [0.25, 0.3) is 5.69 Å². The van der Waals surface area contributed by atoms with Crippen LogP contribution in [0.1, 0.15) is 27.9 Å². The molecule has 2 aromatic rings. The monoisotopic (exact) mass is 261 g/mol. The SMILES string of the molecule is CCOc1ccc(-n2nnc(C(=O)O)c2C=O)cc1. The number of aromatic carboxylic acids is 1. The molecular weight excluding hydrogens is 250 g/mol. The number of carboxylic acids is 1. The second-order valence-corrected chi connectivity index (χ2v) is 3.59. The molecular formula is C12H11N3O4. The first-order valence-corrected chi connectivity index (χ1v) is 5.54. The highest BCUT2D eigenvalue weighted by Gasteiger charge is 2.19. The van der Waals surface area contributed by atoms with Gasteiger partial charge in [-0.3, -0.25) is 4.79 Å². The van der Waals surface area contributed by atoms with E-state index in [1.165, 1.54) is 4.68 Å². The summed E-state index contributed by atoms with van der Waals surface area (Å²) in [5.41, 5.74) is 0.0612. The van der Waals surface area contributed by atoms with Gasteiger partial charge in [-0.05, 0) is 31.2 Å². The molecule has 1 aromatic carbocycles. The summed E-state index contributed by atoms with van der Waals surface area (Å²) in [5, 5.41) is 16.0. The fourth-order valence-electron chi connectivity index (χ4n) is 1.59. The van der Waals surface area contributed by atoms with Crippen molar-refractivity contribution in [2.45, 2.75) is 6.92 Å². The lowest BCUT2D eigenvalue weighted by Gasteiger charge is -2.05. The molecule has 1 heterocycles. The zero-order valence-electron chi connectivity index (χ0n) is 10.1. The first kappa shape index (κ1) is 12.7. The topological polar surface area (TPSA) is 94.3 Å². The van der Waals surface area contributed by atoms with Crippen LogP contribution < -0.4 is 4.74 Å². The van der Waals surface area contributed by atoms with Crippen LogP contribution in [-0.2, 0) is 0 Å². The Balaban J connectivity index is 2.41. The quantitative estimate of drug-likeness (QED) is 0.812. The largest absolute Gasteiger partial charge is 0.494 e. The van der Waals surface area contributed by atoms with E-state index in [-0.39, 0.29) is 11.4 Å². The van der Waals surface area contributed by atoms with Crippen molar-refractivity contribution >= 4 is 12.3 Å². The van der Waals surface area contributed by atoms with Crippen LogP contribution >= 0.6 is 0 Å². The van der Waals surface area contributed by atoms with Crippen molar-refractivity contribution in [2.75, 3.05) is 6.61 Å². The molecule has 19 heavy (non-hydrogen) atoms. The Kier molecular flexibility index (Phi) is 3.56. The zero-order chi connectivity index (χ0) is 13.8. The van der Waals surface area contributed by atoms with Crippen molar-refractivity contribution < 1.29 is 19.4 Å². The molecule has 0 radical (unpaired) electrons. The molecule has 1 aromatic heterocycles. The van der Waals surface area contributed by atoms with Gasteiger partial charge in [0.2, 0.25) is 5.69 Å². The van der Waals surface area contributed by atoms with E-state index in [1.54, 1.807) is 24.3 Å². The average molecular weight is 261 g/mol. The predicted octanol–water partition coefficient (Wildman–Crippen LogP) is 1.18. The van der Waals surface area contributed by atoms with E-state index in [9.17, 15) is 9.59 Å². The van der Waals surface area contributed by atoms with E-state index < -0.39 is 5.97 Å². The Labute approximate surface area is 108 Å². The van der Waals surface area contributed by atoms with Crippen molar-refractivity contribution in [3.8, 4) is 11.4 Å². The number of ether oxygens (including phenoxy) is 1. The number of hydrogen-bond donors (Lipinski definition) is 1. The van der Waals surface area contributed by atoms with Crippen molar-refractivity contribution in [3.63, 3.8) is 0 Å². The first-order valence-electron chi connectivity index (χ1n) is 5.54. The third-order valence-corrected chi connectivity index (χ3v) is 2.41. The van der Waals surface area contributed by atoms with Crippen LogP contribution in [0.4, 0.5) is 0 Å². The summed E-state index contributed by atoms with van der Waals surface area (Å²) < 4.78 is 6.46. The number of aldehydes is 1. The normalized spacial score (nSPS) is 10.2. The Morgan fingerprint density at radius 3 is 2.63 bits per heavy atom. The maximum absolute atomic E-state index is 11.0. The van der Waals surface area contributed by atoms with Crippen LogP contribution in [-0.4, -0.2) is 39.0 Å². The lowest BCUT2D eigenvalue weighted by atomic mass is 10.3. The van der Waals surface area contributed by atoms with Gasteiger partial charge < -0.3 is 9.84 Å². The van der Waals surface area contributed by atoms with Gasteiger partial charge in [-0.15, -0.1) is 5.10 Å². The Hall–Kier alpha value is -2.70. The molecule has 0 saturated carbocycles. The van der Waals surface area contributed by atoms with Gasteiger partial charge in [0.15, 0.2) is 6.29 Å². The van der Waals surface area contributed by atoms with Gasteiger partial charge in [-0.1, -0.05) is 5.21 Å². The molecule has 0 aliphatic heterocycles. The molecule has 1 N–H and O–H groups in total. The molecule has 0 aliphatic carbocycles. The minimum atomic E-state index is -1.29. The Morgan fingerprint density at radius 2 is 2.11 bits per heavy atom. The molecule has 2 rings (SSSR count). The molecule has 0 bridgehead atoms. The highest BCUT2D eigenvalue weighted by atomic mass is 16.5. The number of nitrogens with zero attached hydrogens (tertiary/aromatic N) is 3. The summed E-state index contributed by atoms with van der Waals surface area (Å²) in [6, 6.07) is 6.74. The summed E-state index contributed by atoms with van der Waals surface area (Å²) in [6.07, 6.45) is 0.417. The third kappa shape index (κ3) is 2.44. The van der Waals surface area contributed by atoms with E-state index in [4.69, 9.17) is 9.84 Å². The minimum absolute atomic E-state index is 0.100. The van der Waals surface area contributed by atoms with Gasteiger partial charge >= 0.3 is 5.97 Å². The molecule has 98 valence electrons. The lowest BCUT2D eigenvalue weighted by Crippen LogP contribution is -2.05. The average Bonchev–Trinajstić information content (AvgIpc) is 2.84. The van der Waals surface area contributed by atoms with Gasteiger partial charge in [0.25, 0.3) is 0 Å². The molecule has 0 amide bonds.